The van der Waals surface area contributed by atoms with E-state index in [1.54, 1.807) is 0 Å². The van der Waals surface area contributed by atoms with Crippen molar-refractivity contribution in [3.8, 4) is 45.5 Å². The molecule has 2 bridgehead atoms. The molecule has 2 atom stereocenters. The highest BCUT2D eigenvalue weighted by Crippen LogP contribution is 2.57. The minimum atomic E-state index is -3.33. The van der Waals surface area contributed by atoms with Crippen LogP contribution in [-0.4, -0.2) is 32.2 Å². The predicted octanol–water partition coefficient (Wildman–Crippen LogP) is 15.4. The lowest BCUT2D eigenvalue weighted by molar-refractivity contribution is 0.758. The molecule has 0 N–H and O–H groups in total. The van der Waals surface area contributed by atoms with Crippen molar-refractivity contribution in [2.45, 2.75) is 11.8 Å². The molecular weight excluding hydrogens is 1020 g/mol. The highest BCUT2D eigenvalue weighted by molar-refractivity contribution is 7.20. The quantitative estimate of drug-likeness (QED) is 0.107. The van der Waals surface area contributed by atoms with Crippen LogP contribution in [0.1, 0.15) is 45.2 Å². The Morgan fingerprint density at radius 1 is 0.277 bits per heavy atom. The van der Waals surface area contributed by atoms with Crippen LogP contribution in [0.5, 0.6) is 0 Å². The Kier molecular flexibility index (Phi) is 10.7. The van der Waals surface area contributed by atoms with Gasteiger partial charge in [0.25, 0.3) is 0 Å². The number of fused-ring (bicyclic) bond motifs is 6. The topological polar surface area (TPSA) is 48.5 Å². The summed E-state index contributed by atoms with van der Waals surface area (Å²) in [6.07, 6.45) is 0. The lowest BCUT2D eigenvalue weighted by atomic mass is 9.60. The molecule has 0 aliphatic heterocycles. The first-order valence-corrected chi connectivity index (χ1v) is 30.7. The van der Waals surface area contributed by atoms with Gasteiger partial charge >= 0.3 is 0 Å². The van der Waals surface area contributed by atoms with E-state index in [4.69, 9.17) is 15.0 Å². The van der Waals surface area contributed by atoms with Crippen molar-refractivity contribution in [1.29, 1.82) is 0 Å². The molecule has 0 spiro atoms. The Morgan fingerprint density at radius 2 is 0.663 bits per heavy atom. The van der Waals surface area contributed by atoms with Gasteiger partial charge in [-0.05, 0) is 107 Å². The van der Waals surface area contributed by atoms with E-state index in [9.17, 15) is 0 Å². The van der Waals surface area contributed by atoms with Gasteiger partial charge in [0.1, 0.15) is 0 Å². The van der Waals surface area contributed by atoms with Crippen molar-refractivity contribution in [2.24, 2.45) is 0 Å². The Labute approximate surface area is 481 Å². The fraction of sp³-hybridized carbons (Fsp3) is 0.0260. The zero-order valence-electron chi connectivity index (χ0n) is 45.2. The first-order valence-electron chi connectivity index (χ1n) is 28.7. The molecule has 6 heteroatoms. The summed E-state index contributed by atoms with van der Waals surface area (Å²) < 4.78 is 4.48. The zero-order valence-corrected chi connectivity index (χ0v) is 46.2. The summed E-state index contributed by atoms with van der Waals surface area (Å²) in [5, 5.41) is 9.96. The molecule has 15 aromatic rings. The number of benzene rings is 12. The van der Waals surface area contributed by atoms with Gasteiger partial charge in [0, 0.05) is 38.9 Å². The Morgan fingerprint density at radius 3 is 1.14 bits per heavy atom. The maximum Gasteiger partial charge on any atom is 0.240 e. The van der Waals surface area contributed by atoms with Crippen LogP contribution >= 0.6 is 0 Å². The largest absolute Gasteiger partial charge is 0.278 e. The van der Waals surface area contributed by atoms with Crippen LogP contribution in [0, 0.1) is 0 Å². The van der Waals surface area contributed by atoms with Crippen LogP contribution < -0.4 is 20.7 Å². The van der Waals surface area contributed by atoms with E-state index in [1.807, 2.05) is 0 Å². The van der Waals surface area contributed by atoms with Crippen LogP contribution in [-0.2, 0) is 0 Å². The number of hydrogen-bond donors (Lipinski definition) is 0. The summed E-state index contributed by atoms with van der Waals surface area (Å²) >= 11 is 0. The van der Waals surface area contributed by atoms with Gasteiger partial charge < -0.3 is 0 Å². The van der Waals surface area contributed by atoms with Crippen molar-refractivity contribution in [3.05, 3.63) is 331 Å². The van der Waals surface area contributed by atoms with Crippen LogP contribution in [0.25, 0.3) is 89.2 Å². The fourth-order valence-corrected chi connectivity index (χ4v) is 19.7. The number of rotatable bonds is 9. The van der Waals surface area contributed by atoms with Crippen LogP contribution in [0.15, 0.2) is 297 Å². The van der Waals surface area contributed by atoms with Gasteiger partial charge in [0.05, 0.1) is 22.1 Å². The smallest absolute Gasteiger partial charge is 0.240 e. The van der Waals surface area contributed by atoms with Crippen LogP contribution in [0.2, 0.25) is 0 Å². The molecule has 3 heterocycles. The molecule has 0 fully saturated rings. The van der Waals surface area contributed by atoms with Gasteiger partial charge in [0.2, 0.25) is 11.9 Å². The monoisotopic (exact) mass is 1070 g/mol. The van der Waals surface area contributed by atoms with Crippen molar-refractivity contribution in [1.82, 2.24) is 24.1 Å². The van der Waals surface area contributed by atoms with E-state index in [0.29, 0.717) is 17.7 Å². The van der Waals surface area contributed by atoms with E-state index >= 15 is 0 Å². The average Bonchev–Trinajstić information content (AvgIpc) is 1.76. The standard InChI is InChI=1S/C77H51N5Si/c1-5-25-50(26-6-1)52-47-53(51-27-7-2-8-28-51)49-56(48-52)83(54-29-9-3-10-30-54,55-31-11-4-12-32-55)70-46-24-40-64-71-61-37-13-14-38-62(61)74(73(64)70)72-63(71)39-23-41-65(72)75-78-76(81-66-42-19-15-33-57(66)58-34-16-20-43-67(58)81)80-77(79-75)82-68-44-21-17-35-59(68)60-36-18-22-45-69(60)82/h1-49,71,74H. The number of para-hydroxylation sites is 4. The number of nitrogens with zero attached hydrogens (tertiary/aromatic N) is 5. The zero-order chi connectivity index (χ0) is 54.6. The molecule has 0 radical (unpaired) electrons. The molecule has 3 aromatic heterocycles. The lowest BCUT2D eigenvalue weighted by Gasteiger charge is -2.46. The van der Waals surface area contributed by atoms with E-state index in [2.05, 4.69) is 306 Å². The van der Waals surface area contributed by atoms with Crippen molar-refractivity contribution in [3.63, 3.8) is 0 Å². The number of aromatic nitrogens is 5. The van der Waals surface area contributed by atoms with Gasteiger partial charge in [-0.1, -0.05) is 267 Å². The molecule has 388 valence electrons. The second-order valence-corrected chi connectivity index (χ2v) is 25.9. The van der Waals surface area contributed by atoms with E-state index in [1.165, 1.54) is 76.4 Å². The second kappa shape index (κ2) is 18.8. The molecule has 18 rings (SSSR count). The van der Waals surface area contributed by atoms with Gasteiger partial charge in [-0.15, -0.1) is 0 Å². The molecule has 2 unspecified atom stereocenters. The summed E-state index contributed by atoms with van der Waals surface area (Å²) in [6, 6.07) is 110. The highest BCUT2D eigenvalue weighted by Gasteiger charge is 2.50. The third kappa shape index (κ3) is 7.10. The molecule has 3 aliphatic rings. The molecule has 12 aromatic carbocycles. The van der Waals surface area contributed by atoms with Gasteiger partial charge in [-0.2, -0.15) is 15.0 Å². The molecule has 3 aliphatic carbocycles. The SMILES string of the molecule is c1ccc(-c2cc(-c3ccccc3)cc([Si](c3ccccc3)(c3ccccc3)c3cccc4c3C3c5ccccc5C4c4cccc(-c5nc(-n6c7ccccc7c7ccccc76)nc(-n6c7ccccc7c7ccccc76)n5)c43)c2)cc1. The van der Waals surface area contributed by atoms with Crippen LogP contribution in [0.3, 0.4) is 0 Å². The molecule has 0 amide bonds. The molecule has 0 saturated carbocycles. The molecule has 83 heavy (non-hydrogen) atoms. The maximum atomic E-state index is 5.75. The number of hydrogen-bond acceptors (Lipinski definition) is 3. The molecule has 5 nitrogen and oxygen atoms in total. The molecule has 0 saturated heterocycles. The van der Waals surface area contributed by atoms with E-state index in [-0.39, 0.29) is 11.8 Å². The molecular formula is C77H51N5Si. The first kappa shape index (κ1) is 47.3. The minimum absolute atomic E-state index is 0.0506. The highest BCUT2D eigenvalue weighted by atomic mass is 28.3. The summed E-state index contributed by atoms with van der Waals surface area (Å²) in [7, 11) is -3.33. The summed E-state index contributed by atoms with van der Waals surface area (Å²) in [4.78, 5) is 17.1. The Hall–Kier alpha value is -10.5. The summed E-state index contributed by atoms with van der Waals surface area (Å²) in [5.74, 6) is 1.54. The second-order valence-electron chi connectivity index (χ2n) is 22.1. The van der Waals surface area contributed by atoms with Crippen molar-refractivity contribution >= 4 is 72.4 Å². The van der Waals surface area contributed by atoms with Crippen molar-refractivity contribution in [2.75, 3.05) is 0 Å². The van der Waals surface area contributed by atoms with Gasteiger partial charge in [-0.25, -0.2) is 0 Å². The van der Waals surface area contributed by atoms with Crippen LogP contribution in [0.4, 0.5) is 0 Å². The summed E-state index contributed by atoms with van der Waals surface area (Å²) in [6.45, 7) is 0. The summed E-state index contributed by atoms with van der Waals surface area (Å²) in [5.41, 5.74) is 17.9. The average molecular weight is 1070 g/mol. The maximum absolute atomic E-state index is 5.75. The van der Waals surface area contributed by atoms with E-state index < -0.39 is 8.07 Å². The third-order valence-electron chi connectivity index (χ3n) is 17.9. The lowest BCUT2D eigenvalue weighted by Crippen LogP contribution is -2.75. The van der Waals surface area contributed by atoms with Gasteiger partial charge in [0.15, 0.2) is 13.9 Å². The Bertz CT molecular complexity index is 4710. The first-order chi connectivity index (χ1) is 41.2. The normalized spacial score (nSPS) is 14.3. The minimum Gasteiger partial charge on any atom is -0.278 e. The predicted molar refractivity (Wildman–Crippen MR) is 343 cm³/mol. The fourth-order valence-electron chi connectivity index (χ4n) is 14.6. The van der Waals surface area contributed by atoms with Gasteiger partial charge in [-0.3, -0.25) is 9.13 Å². The Balaban J connectivity index is 0.976. The van der Waals surface area contributed by atoms with Crippen molar-refractivity contribution < 1.29 is 0 Å². The van der Waals surface area contributed by atoms with E-state index in [0.717, 1.165) is 49.2 Å². The third-order valence-corrected chi connectivity index (χ3v) is 22.7.